The molecule has 1 aromatic carbocycles. The monoisotopic (exact) mass is 283 g/mol. The maximum atomic E-state index is 12.5. The van der Waals surface area contributed by atoms with Crippen LogP contribution in [-0.4, -0.2) is 9.13 Å². The lowest BCUT2D eigenvalue weighted by Gasteiger charge is -2.04. The van der Waals surface area contributed by atoms with Crippen LogP contribution in [0.4, 0.5) is 0 Å². The molecule has 4 heteroatoms. The molecule has 21 heavy (non-hydrogen) atoms. The number of rotatable bonds is 4. The molecule has 0 unspecified atom stereocenters. The summed E-state index contributed by atoms with van der Waals surface area (Å²) in [7, 11) is 1.78. The normalized spacial score (nSPS) is 13.5. The first-order valence-corrected chi connectivity index (χ1v) is 7.07. The summed E-state index contributed by atoms with van der Waals surface area (Å²) in [5, 5.41) is 0. The number of para-hydroxylation sites is 2. The number of nitrogens with two attached hydrogens (primary N) is 1. The molecule has 0 amide bonds. The zero-order chi connectivity index (χ0) is 15.4. The van der Waals surface area contributed by atoms with Crippen molar-refractivity contribution in [1.82, 2.24) is 9.13 Å². The standard InChI is InChI=1S/C17H21N3O/c1-4-8-13(18)11-12-14(5-2)20-16-10-7-6-9-15(16)19(3)17(20)21/h5-12H,4,18H2,1-3H3/b12-11-,13-8+,14-5+. The third-order valence-corrected chi connectivity index (χ3v) is 3.40. The summed E-state index contributed by atoms with van der Waals surface area (Å²) in [6.07, 6.45) is 8.43. The molecule has 0 aliphatic heterocycles. The molecule has 2 aromatic rings. The number of aryl methyl sites for hydroxylation is 1. The minimum Gasteiger partial charge on any atom is -0.399 e. The molecule has 2 N–H and O–H groups in total. The Morgan fingerprint density at radius 1 is 1.24 bits per heavy atom. The van der Waals surface area contributed by atoms with Crippen LogP contribution >= 0.6 is 0 Å². The van der Waals surface area contributed by atoms with Crippen molar-refractivity contribution in [3.63, 3.8) is 0 Å². The second kappa shape index (κ2) is 6.31. The average molecular weight is 283 g/mol. The number of aromatic nitrogens is 2. The topological polar surface area (TPSA) is 52.9 Å². The van der Waals surface area contributed by atoms with Gasteiger partial charge in [0.05, 0.1) is 11.0 Å². The van der Waals surface area contributed by atoms with Crippen LogP contribution in [0.3, 0.4) is 0 Å². The number of allylic oxidation sites excluding steroid dienone is 5. The number of hydrogen-bond donors (Lipinski definition) is 1. The molecule has 1 aromatic heterocycles. The minimum atomic E-state index is -0.0630. The Morgan fingerprint density at radius 2 is 1.90 bits per heavy atom. The van der Waals surface area contributed by atoms with Gasteiger partial charge in [-0.2, -0.15) is 0 Å². The van der Waals surface area contributed by atoms with Gasteiger partial charge in [0, 0.05) is 18.4 Å². The van der Waals surface area contributed by atoms with Crippen molar-refractivity contribution in [3.8, 4) is 0 Å². The molecule has 0 aliphatic rings. The third-order valence-electron chi connectivity index (χ3n) is 3.40. The third kappa shape index (κ3) is 2.84. The molecule has 2 rings (SSSR count). The van der Waals surface area contributed by atoms with Crippen molar-refractivity contribution in [2.75, 3.05) is 0 Å². The van der Waals surface area contributed by atoms with E-state index < -0.39 is 0 Å². The molecule has 0 radical (unpaired) electrons. The van der Waals surface area contributed by atoms with Gasteiger partial charge in [-0.3, -0.25) is 9.13 Å². The molecule has 0 spiro atoms. The first kappa shape index (κ1) is 14.9. The summed E-state index contributed by atoms with van der Waals surface area (Å²) in [5.74, 6) is 0. The van der Waals surface area contributed by atoms with Crippen LogP contribution in [0, 0.1) is 0 Å². The van der Waals surface area contributed by atoms with Crippen LogP contribution in [-0.2, 0) is 7.05 Å². The van der Waals surface area contributed by atoms with E-state index in [9.17, 15) is 4.79 Å². The van der Waals surface area contributed by atoms with E-state index in [1.165, 1.54) is 0 Å². The number of hydrogen-bond acceptors (Lipinski definition) is 2. The summed E-state index contributed by atoms with van der Waals surface area (Å²) in [5.41, 5.74) is 9.12. The van der Waals surface area contributed by atoms with Gasteiger partial charge in [0.2, 0.25) is 0 Å². The molecule has 0 atom stereocenters. The molecule has 110 valence electrons. The predicted octanol–water partition coefficient (Wildman–Crippen LogP) is 3.01. The van der Waals surface area contributed by atoms with Crippen LogP contribution in [0.2, 0.25) is 0 Å². The quantitative estimate of drug-likeness (QED) is 0.877. The molecular formula is C17H21N3O. The Kier molecular flexibility index (Phi) is 4.48. The summed E-state index contributed by atoms with van der Waals surface area (Å²) in [4.78, 5) is 12.5. The van der Waals surface area contributed by atoms with Gasteiger partial charge in [-0.15, -0.1) is 0 Å². The first-order chi connectivity index (χ1) is 10.1. The largest absolute Gasteiger partial charge is 0.399 e. The number of nitrogens with zero attached hydrogens (tertiary/aromatic N) is 2. The van der Waals surface area contributed by atoms with Gasteiger partial charge in [-0.1, -0.05) is 31.2 Å². The van der Waals surface area contributed by atoms with Crippen LogP contribution in [0.25, 0.3) is 16.7 Å². The van der Waals surface area contributed by atoms with E-state index in [-0.39, 0.29) is 5.69 Å². The molecule has 0 saturated heterocycles. The fraction of sp³-hybridized carbons (Fsp3) is 0.235. The van der Waals surface area contributed by atoms with Crippen LogP contribution < -0.4 is 11.4 Å². The van der Waals surface area contributed by atoms with Crippen molar-refractivity contribution in [3.05, 3.63) is 64.8 Å². The van der Waals surface area contributed by atoms with Gasteiger partial charge in [-0.25, -0.2) is 4.79 Å². The van der Waals surface area contributed by atoms with Crippen molar-refractivity contribution in [2.45, 2.75) is 20.3 Å². The first-order valence-electron chi connectivity index (χ1n) is 7.07. The molecule has 1 heterocycles. The van der Waals surface area contributed by atoms with E-state index in [1.807, 2.05) is 62.4 Å². The Morgan fingerprint density at radius 3 is 2.52 bits per heavy atom. The highest BCUT2D eigenvalue weighted by Crippen LogP contribution is 2.16. The Bertz CT molecular complexity index is 788. The van der Waals surface area contributed by atoms with Gasteiger partial charge in [0.1, 0.15) is 0 Å². The van der Waals surface area contributed by atoms with Gasteiger partial charge in [0.15, 0.2) is 0 Å². The zero-order valence-electron chi connectivity index (χ0n) is 12.7. The zero-order valence-corrected chi connectivity index (χ0v) is 12.7. The fourth-order valence-electron chi connectivity index (χ4n) is 2.33. The Labute approximate surface area is 124 Å². The van der Waals surface area contributed by atoms with Crippen molar-refractivity contribution in [1.29, 1.82) is 0 Å². The van der Waals surface area contributed by atoms with Crippen LogP contribution in [0.5, 0.6) is 0 Å². The van der Waals surface area contributed by atoms with Crippen molar-refractivity contribution in [2.24, 2.45) is 12.8 Å². The van der Waals surface area contributed by atoms with Crippen LogP contribution in [0.1, 0.15) is 20.3 Å². The highest BCUT2D eigenvalue weighted by Gasteiger charge is 2.11. The number of fused-ring (bicyclic) bond motifs is 1. The molecule has 0 saturated carbocycles. The predicted molar refractivity (Wildman–Crippen MR) is 88.8 cm³/mol. The van der Waals surface area contributed by atoms with Gasteiger partial charge in [-0.05, 0) is 37.6 Å². The SMILES string of the molecule is C\C=C(/C=C\C(N)=C/CC)n1c(=O)n(C)c2ccccc21. The van der Waals surface area contributed by atoms with Crippen LogP contribution in [0.15, 0.2) is 59.1 Å². The van der Waals surface area contributed by atoms with E-state index in [4.69, 9.17) is 5.73 Å². The van der Waals surface area contributed by atoms with E-state index in [0.717, 1.165) is 23.2 Å². The molecular weight excluding hydrogens is 262 g/mol. The maximum absolute atomic E-state index is 12.5. The summed E-state index contributed by atoms with van der Waals surface area (Å²) >= 11 is 0. The average Bonchev–Trinajstić information content (AvgIpc) is 2.74. The van der Waals surface area contributed by atoms with Gasteiger partial charge in [0.25, 0.3) is 0 Å². The summed E-state index contributed by atoms with van der Waals surface area (Å²) in [6.45, 7) is 3.94. The number of imidazole rings is 1. The highest BCUT2D eigenvalue weighted by molar-refractivity contribution is 5.81. The lowest BCUT2D eigenvalue weighted by atomic mass is 10.2. The molecule has 0 bridgehead atoms. The van der Waals surface area contributed by atoms with Gasteiger partial charge >= 0.3 is 5.69 Å². The second-order valence-corrected chi connectivity index (χ2v) is 4.82. The van der Waals surface area contributed by atoms with E-state index in [0.29, 0.717) is 5.70 Å². The second-order valence-electron chi connectivity index (χ2n) is 4.82. The maximum Gasteiger partial charge on any atom is 0.333 e. The fourth-order valence-corrected chi connectivity index (χ4v) is 2.33. The lowest BCUT2D eigenvalue weighted by Crippen LogP contribution is -2.21. The summed E-state index contributed by atoms with van der Waals surface area (Å²) in [6, 6.07) is 7.74. The van der Waals surface area contributed by atoms with E-state index in [1.54, 1.807) is 16.2 Å². The minimum absolute atomic E-state index is 0.0630. The Balaban J connectivity index is 2.57. The lowest BCUT2D eigenvalue weighted by molar-refractivity contribution is 0.855. The molecule has 4 nitrogen and oxygen atoms in total. The highest BCUT2D eigenvalue weighted by atomic mass is 16.1. The van der Waals surface area contributed by atoms with E-state index in [2.05, 4.69) is 0 Å². The van der Waals surface area contributed by atoms with Crippen molar-refractivity contribution >= 4 is 16.7 Å². The van der Waals surface area contributed by atoms with Crippen molar-refractivity contribution < 1.29 is 0 Å². The number of benzene rings is 1. The van der Waals surface area contributed by atoms with Gasteiger partial charge < -0.3 is 5.73 Å². The Hall–Kier alpha value is -2.49. The van der Waals surface area contributed by atoms with E-state index >= 15 is 0 Å². The molecule has 0 fully saturated rings. The molecule has 0 aliphatic carbocycles. The smallest absolute Gasteiger partial charge is 0.333 e. The summed E-state index contributed by atoms with van der Waals surface area (Å²) < 4.78 is 3.35.